The molecule has 0 unspecified atom stereocenters. The monoisotopic (exact) mass is 734 g/mol. The molecule has 6 nitrogen and oxygen atoms in total. The molecule has 2 spiro atoms. The third kappa shape index (κ3) is 1.76. The molecule has 4 atom stereocenters. The number of alkyl halides is 1. The van der Waals surface area contributed by atoms with Gasteiger partial charge in [-0.05, 0) is 57.3 Å². The van der Waals surface area contributed by atoms with Gasteiger partial charge < -0.3 is 9.80 Å². The molecule has 0 N–H and O–H groups in total. The number of benzene rings is 1. The standard InChI is InChI=1S/C20H11Br5N4O2/c1-18-11(24)4-20-15-14(26-17(25)28(15)16(18)31)9(23)6-27-12(30)5-19(20,27)13-8(22)2-7(21)3-10(13)29(18)20/h2-3,6,11H,4-5H2,1H3/t11-,18+,19+,20-/m1/s1. The lowest BCUT2D eigenvalue weighted by Crippen LogP contribution is -2.73. The van der Waals surface area contributed by atoms with Crippen LogP contribution in [-0.4, -0.2) is 36.6 Å². The van der Waals surface area contributed by atoms with Gasteiger partial charge in [0.1, 0.15) is 22.3 Å². The molecule has 31 heavy (non-hydrogen) atoms. The van der Waals surface area contributed by atoms with E-state index < -0.39 is 16.6 Å². The van der Waals surface area contributed by atoms with E-state index in [0.29, 0.717) is 27.8 Å². The maximum Gasteiger partial charge on any atom is 0.259 e. The molecule has 2 saturated heterocycles. The second kappa shape index (κ2) is 5.59. The Morgan fingerprint density at radius 2 is 1.87 bits per heavy atom. The first-order valence-corrected chi connectivity index (χ1v) is 13.7. The molecule has 158 valence electrons. The Kier molecular flexibility index (Phi) is 3.59. The average molecular weight is 739 g/mol. The fraction of sp³-hybridized carbons (Fsp3) is 0.350. The average Bonchev–Trinajstić information content (AvgIpc) is 3.22. The number of hydrogen-bond donors (Lipinski definition) is 0. The highest BCUT2D eigenvalue weighted by molar-refractivity contribution is 9.15. The van der Waals surface area contributed by atoms with Crippen LogP contribution in [0, 0.1) is 0 Å². The van der Waals surface area contributed by atoms with E-state index in [1.807, 2.05) is 24.1 Å². The van der Waals surface area contributed by atoms with Crippen LogP contribution in [0.5, 0.6) is 0 Å². The Hall–Kier alpha value is -0.490. The third-order valence-corrected chi connectivity index (χ3v) is 11.1. The number of aromatic nitrogens is 2. The Balaban J connectivity index is 1.75. The van der Waals surface area contributed by atoms with Gasteiger partial charge in [-0.3, -0.25) is 14.2 Å². The molecule has 1 aromatic carbocycles. The zero-order valence-electron chi connectivity index (χ0n) is 15.7. The van der Waals surface area contributed by atoms with Crippen molar-refractivity contribution < 1.29 is 9.59 Å². The zero-order chi connectivity index (χ0) is 21.8. The van der Waals surface area contributed by atoms with Crippen LogP contribution in [0.1, 0.15) is 41.5 Å². The summed E-state index contributed by atoms with van der Waals surface area (Å²) >= 11 is 18.5. The van der Waals surface area contributed by atoms with Crippen molar-refractivity contribution in [2.45, 2.75) is 41.2 Å². The van der Waals surface area contributed by atoms with Crippen LogP contribution >= 0.6 is 79.6 Å². The number of carbonyl (C=O) groups excluding carboxylic acids is 2. The van der Waals surface area contributed by atoms with Crippen LogP contribution in [0.3, 0.4) is 0 Å². The predicted octanol–water partition coefficient (Wildman–Crippen LogP) is 5.60. The number of anilines is 1. The minimum atomic E-state index is -0.854. The van der Waals surface area contributed by atoms with Crippen LogP contribution in [0.2, 0.25) is 0 Å². The van der Waals surface area contributed by atoms with Crippen LogP contribution < -0.4 is 4.90 Å². The van der Waals surface area contributed by atoms with Crippen LogP contribution in [-0.2, 0) is 15.9 Å². The van der Waals surface area contributed by atoms with E-state index in [1.54, 1.807) is 4.57 Å². The van der Waals surface area contributed by atoms with Crippen molar-refractivity contribution in [2.75, 3.05) is 4.90 Å². The summed E-state index contributed by atoms with van der Waals surface area (Å²) in [6, 6.07) is 4.09. The van der Waals surface area contributed by atoms with Crippen LogP contribution in [0.4, 0.5) is 5.69 Å². The number of rotatable bonds is 0. The smallest absolute Gasteiger partial charge is 0.259 e. The second-order valence-electron chi connectivity index (χ2n) is 8.79. The summed E-state index contributed by atoms with van der Waals surface area (Å²) in [7, 11) is 0. The first-order chi connectivity index (χ1) is 14.6. The fourth-order valence-electron chi connectivity index (χ4n) is 6.65. The van der Waals surface area contributed by atoms with Gasteiger partial charge in [0.25, 0.3) is 5.91 Å². The van der Waals surface area contributed by atoms with Gasteiger partial charge in [0, 0.05) is 31.2 Å². The van der Waals surface area contributed by atoms with Crippen molar-refractivity contribution >= 4 is 102 Å². The summed E-state index contributed by atoms with van der Waals surface area (Å²) in [6.45, 7) is 1.99. The molecule has 2 aromatic rings. The van der Waals surface area contributed by atoms with Crippen molar-refractivity contribution in [3.8, 4) is 0 Å². The molecule has 11 heteroatoms. The summed E-state index contributed by atoms with van der Waals surface area (Å²) in [5.41, 5.74) is 1.39. The van der Waals surface area contributed by atoms with Crippen molar-refractivity contribution in [3.63, 3.8) is 0 Å². The number of carbonyl (C=O) groups is 2. The van der Waals surface area contributed by atoms with E-state index in [9.17, 15) is 9.59 Å². The molecule has 2 bridgehead atoms. The molecule has 1 aromatic heterocycles. The number of imidazole rings is 1. The van der Waals surface area contributed by atoms with Crippen LogP contribution in [0.15, 0.2) is 32.0 Å². The number of halogens is 5. The topological polar surface area (TPSA) is 58.4 Å². The SMILES string of the molecule is C[C@@]12C(=O)n3c(Br)nc4c3[C@@]3(C[C@H]1Br)N2c1cc(Br)cc(Br)c1[C@@]31CC(=O)N1C=C4Br. The first-order valence-electron chi connectivity index (χ1n) is 9.58. The highest BCUT2D eigenvalue weighted by atomic mass is 79.9. The fourth-order valence-corrected chi connectivity index (χ4v) is 10.0. The molecule has 2 fully saturated rings. The van der Waals surface area contributed by atoms with E-state index in [0.717, 1.165) is 25.9 Å². The molecule has 5 aliphatic heterocycles. The lowest BCUT2D eigenvalue weighted by molar-refractivity contribution is -0.158. The molecule has 0 aliphatic carbocycles. The number of fused-ring (bicyclic) bond motifs is 1. The lowest BCUT2D eigenvalue weighted by Gasteiger charge is -2.59. The number of hydrogen-bond acceptors (Lipinski definition) is 4. The van der Waals surface area contributed by atoms with Gasteiger partial charge >= 0.3 is 0 Å². The lowest BCUT2D eigenvalue weighted by atomic mass is 9.64. The van der Waals surface area contributed by atoms with Gasteiger partial charge in [-0.15, -0.1) is 0 Å². The highest BCUT2D eigenvalue weighted by Gasteiger charge is 2.82. The quantitative estimate of drug-likeness (QED) is 0.261. The summed E-state index contributed by atoms with van der Waals surface area (Å²) in [5.74, 6) is 0.0166. The first kappa shape index (κ1) is 19.9. The Labute approximate surface area is 219 Å². The van der Waals surface area contributed by atoms with Gasteiger partial charge in [-0.2, -0.15) is 0 Å². The highest BCUT2D eigenvalue weighted by Crippen LogP contribution is 2.75. The Morgan fingerprint density at radius 1 is 1.13 bits per heavy atom. The minimum absolute atomic E-state index is 0.0402. The van der Waals surface area contributed by atoms with E-state index in [2.05, 4.69) is 90.6 Å². The summed E-state index contributed by atoms with van der Waals surface area (Å²) in [4.78, 5) is 35.9. The molecule has 0 radical (unpaired) electrons. The van der Waals surface area contributed by atoms with Gasteiger partial charge in [0.05, 0.1) is 16.6 Å². The number of amides is 1. The third-order valence-electron chi connectivity index (χ3n) is 7.72. The van der Waals surface area contributed by atoms with Gasteiger partial charge in [0.15, 0.2) is 4.73 Å². The van der Waals surface area contributed by atoms with E-state index >= 15 is 0 Å². The Morgan fingerprint density at radius 3 is 2.58 bits per heavy atom. The largest absolute Gasteiger partial charge is 0.342 e. The van der Waals surface area contributed by atoms with Gasteiger partial charge in [-0.25, -0.2) is 4.98 Å². The van der Waals surface area contributed by atoms with E-state index in [-0.39, 0.29) is 16.6 Å². The summed E-state index contributed by atoms with van der Waals surface area (Å²) in [6.07, 6.45) is 2.87. The van der Waals surface area contributed by atoms with E-state index in [4.69, 9.17) is 4.98 Å². The molecular formula is C20H11Br5N4O2. The van der Waals surface area contributed by atoms with Crippen molar-refractivity contribution in [3.05, 3.63) is 49.0 Å². The van der Waals surface area contributed by atoms with Crippen molar-refractivity contribution in [1.82, 2.24) is 14.5 Å². The molecule has 7 rings (SSSR count). The second-order valence-corrected chi connectivity index (χ2v) is 13.2. The maximum absolute atomic E-state index is 14.1. The number of β-lactam (4-membered cyclic amide) rings is 1. The molecule has 1 amide bonds. The maximum atomic E-state index is 14.1. The van der Waals surface area contributed by atoms with Gasteiger partial charge in [-0.1, -0.05) is 47.8 Å². The minimum Gasteiger partial charge on any atom is -0.342 e. The van der Waals surface area contributed by atoms with Crippen LogP contribution in [0.25, 0.3) is 4.48 Å². The van der Waals surface area contributed by atoms with Gasteiger partial charge in [0.2, 0.25) is 5.91 Å². The van der Waals surface area contributed by atoms with Crippen molar-refractivity contribution in [1.29, 1.82) is 0 Å². The summed E-state index contributed by atoms with van der Waals surface area (Å²) < 4.78 is 4.75. The molecular weight excluding hydrogens is 728 g/mol. The molecule has 5 aliphatic rings. The number of nitrogens with zero attached hydrogens (tertiary/aromatic N) is 4. The van der Waals surface area contributed by atoms with Crippen molar-refractivity contribution in [2.24, 2.45) is 0 Å². The zero-order valence-corrected chi connectivity index (χ0v) is 23.6. The molecule has 6 heterocycles. The normalized spacial score (nSPS) is 36.1. The molecule has 0 saturated carbocycles. The van der Waals surface area contributed by atoms with E-state index in [1.165, 1.54) is 0 Å². The Bertz CT molecular complexity index is 1350. The predicted molar refractivity (Wildman–Crippen MR) is 132 cm³/mol. The summed E-state index contributed by atoms with van der Waals surface area (Å²) in [5, 5.41) is 0.